The van der Waals surface area contributed by atoms with Crippen molar-refractivity contribution in [1.82, 2.24) is 0 Å². The minimum absolute atomic E-state index is 0.601. The average molecular weight is 297 g/mol. The standard InChI is InChI=1S/C20H24FN/c1-5-9-19(10-6-2)22(14-8-12-18(4)16-21)20-13-7-11-17(3)15-20/h5-13,15-16H,1,14H2,2-4H3/b10-6-,12-8-,18-16-,19-9+. The van der Waals surface area contributed by atoms with Crippen LogP contribution in [0.2, 0.25) is 0 Å². The molecular weight excluding hydrogens is 273 g/mol. The van der Waals surface area contributed by atoms with E-state index >= 15 is 0 Å². The molecule has 0 atom stereocenters. The first-order valence-electron chi connectivity index (χ1n) is 7.35. The Bertz CT molecular complexity index is 606. The second-order valence-corrected chi connectivity index (χ2v) is 5.03. The van der Waals surface area contributed by atoms with Gasteiger partial charge in [0.2, 0.25) is 0 Å². The number of benzene rings is 1. The quantitative estimate of drug-likeness (QED) is 0.568. The van der Waals surface area contributed by atoms with Crippen LogP contribution in [0.25, 0.3) is 0 Å². The molecular formula is C20H24FN. The average Bonchev–Trinajstić information content (AvgIpc) is 2.51. The zero-order valence-electron chi connectivity index (χ0n) is 13.6. The van der Waals surface area contributed by atoms with Crippen LogP contribution in [0, 0.1) is 6.92 Å². The first kappa shape index (κ1) is 17.7. The molecule has 0 fully saturated rings. The van der Waals surface area contributed by atoms with E-state index in [-0.39, 0.29) is 0 Å². The Kier molecular flexibility index (Phi) is 7.69. The molecule has 0 amide bonds. The number of anilines is 1. The highest BCUT2D eigenvalue weighted by molar-refractivity contribution is 5.57. The van der Waals surface area contributed by atoms with Crippen LogP contribution in [0.4, 0.5) is 10.1 Å². The summed E-state index contributed by atoms with van der Waals surface area (Å²) < 4.78 is 12.4. The minimum atomic E-state index is 0.601. The van der Waals surface area contributed by atoms with Gasteiger partial charge in [0.1, 0.15) is 0 Å². The van der Waals surface area contributed by atoms with Crippen LogP contribution >= 0.6 is 0 Å². The largest absolute Gasteiger partial charge is 0.338 e. The number of hydrogen-bond acceptors (Lipinski definition) is 1. The lowest BCUT2D eigenvalue weighted by Crippen LogP contribution is -2.21. The molecule has 0 unspecified atom stereocenters. The van der Waals surface area contributed by atoms with Gasteiger partial charge in [-0.25, -0.2) is 4.39 Å². The predicted molar refractivity (Wildman–Crippen MR) is 95.6 cm³/mol. The fourth-order valence-electron chi connectivity index (χ4n) is 2.06. The number of allylic oxidation sites excluding steroid dienone is 6. The maximum Gasteiger partial charge on any atom is 0.0895 e. The van der Waals surface area contributed by atoms with Crippen molar-refractivity contribution in [3.8, 4) is 0 Å². The van der Waals surface area contributed by atoms with Gasteiger partial charge in [-0.05, 0) is 56.2 Å². The van der Waals surface area contributed by atoms with Crippen LogP contribution in [0.5, 0.6) is 0 Å². The Morgan fingerprint density at radius 2 is 2.09 bits per heavy atom. The van der Waals surface area contributed by atoms with Crippen LogP contribution < -0.4 is 4.90 Å². The third kappa shape index (κ3) is 5.57. The van der Waals surface area contributed by atoms with Gasteiger partial charge in [-0.3, -0.25) is 0 Å². The van der Waals surface area contributed by atoms with E-state index in [4.69, 9.17) is 0 Å². The van der Waals surface area contributed by atoms with E-state index in [1.807, 2.05) is 37.3 Å². The molecule has 0 aliphatic rings. The van der Waals surface area contributed by atoms with Gasteiger partial charge in [0, 0.05) is 17.9 Å². The molecule has 1 nitrogen and oxygen atoms in total. The summed E-state index contributed by atoms with van der Waals surface area (Å²) >= 11 is 0. The van der Waals surface area contributed by atoms with Crippen LogP contribution in [-0.4, -0.2) is 6.54 Å². The van der Waals surface area contributed by atoms with Crippen LogP contribution in [-0.2, 0) is 0 Å². The number of aryl methyl sites for hydroxylation is 1. The van der Waals surface area contributed by atoms with Crippen LogP contribution in [0.15, 0.2) is 84.9 Å². The van der Waals surface area contributed by atoms with Crippen molar-refractivity contribution in [1.29, 1.82) is 0 Å². The molecule has 0 saturated carbocycles. The molecule has 2 heteroatoms. The highest BCUT2D eigenvalue weighted by atomic mass is 19.1. The van der Waals surface area contributed by atoms with Gasteiger partial charge < -0.3 is 4.90 Å². The second-order valence-electron chi connectivity index (χ2n) is 5.03. The zero-order valence-corrected chi connectivity index (χ0v) is 13.6. The summed E-state index contributed by atoms with van der Waals surface area (Å²) in [6, 6.07) is 8.31. The molecule has 0 heterocycles. The summed E-state index contributed by atoms with van der Waals surface area (Å²) in [5.74, 6) is 0. The Balaban J connectivity index is 3.17. The predicted octanol–water partition coefficient (Wildman–Crippen LogP) is 5.88. The summed E-state index contributed by atoms with van der Waals surface area (Å²) in [7, 11) is 0. The lowest BCUT2D eigenvalue weighted by atomic mass is 10.1. The van der Waals surface area contributed by atoms with Crippen molar-refractivity contribution in [2.75, 3.05) is 11.4 Å². The SMILES string of the molecule is C=C/C=C(\C=C/C)N(C/C=C\C(C)=C/F)c1cccc(C)c1. The van der Waals surface area contributed by atoms with Crippen molar-refractivity contribution < 1.29 is 4.39 Å². The van der Waals surface area contributed by atoms with Crippen LogP contribution in [0.1, 0.15) is 19.4 Å². The maximum absolute atomic E-state index is 12.4. The lowest BCUT2D eigenvalue weighted by Gasteiger charge is -2.25. The van der Waals surface area contributed by atoms with Gasteiger partial charge in [0.15, 0.2) is 0 Å². The summed E-state index contributed by atoms with van der Waals surface area (Å²) in [6.45, 7) is 10.2. The van der Waals surface area contributed by atoms with Crippen molar-refractivity contribution in [2.45, 2.75) is 20.8 Å². The van der Waals surface area contributed by atoms with E-state index in [0.29, 0.717) is 18.4 Å². The van der Waals surface area contributed by atoms with Gasteiger partial charge in [0.05, 0.1) is 6.33 Å². The molecule has 0 aromatic heterocycles. The lowest BCUT2D eigenvalue weighted by molar-refractivity contribution is 0.713. The summed E-state index contributed by atoms with van der Waals surface area (Å²) in [4.78, 5) is 2.16. The molecule has 116 valence electrons. The van der Waals surface area contributed by atoms with Gasteiger partial charge in [-0.1, -0.05) is 43.0 Å². The summed E-state index contributed by atoms with van der Waals surface area (Å²) in [6.07, 6.45) is 12.1. The smallest absolute Gasteiger partial charge is 0.0895 e. The van der Waals surface area contributed by atoms with Crippen molar-refractivity contribution in [3.05, 3.63) is 90.5 Å². The molecule has 1 aromatic carbocycles. The summed E-state index contributed by atoms with van der Waals surface area (Å²) in [5, 5.41) is 0. The van der Waals surface area contributed by atoms with Crippen molar-refractivity contribution in [2.24, 2.45) is 0 Å². The monoisotopic (exact) mass is 297 g/mol. The van der Waals surface area contributed by atoms with Crippen LogP contribution in [0.3, 0.4) is 0 Å². The van der Waals surface area contributed by atoms with E-state index in [9.17, 15) is 4.39 Å². The van der Waals surface area contributed by atoms with E-state index in [2.05, 4.69) is 36.6 Å². The number of halogens is 1. The summed E-state index contributed by atoms with van der Waals surface area (Å²) in [5.41, 5.74) is 3.93. The molecule has 0 bridgehead atoms. The molecule has 0 aliphatic heterocycles. The first-order valence-corrected chi connectivity index (χ1v) is 7.35. The number of hydrogen-bond donors (Lipinski definition) is 0. The second kappa shape index (κ2) is 9.56. The van der Waals surface area contributed by atoms with Gasteiger partial charge in [0.25, 0.3) is 0 Å². The first-order chi connectivity index (χ1) is 10.6. The topological polar surface area (TPSA) is 3.24 Å². The molecule has 0 spiro atoms. The highest BCUT2D eigenvalue weighted by Crippen LogP contribution is 2.21. The Morgan fingerprint density at radius 3 is 2.68 bits per heavy atom. The number of rotatable bonds is 7. The third-order valence-corrected chi connectivity index (χ3v) is 3.09. The molecule has 22 heavy (non-hydrogen) atoms. The number of nitrogens with zero attached hydrogens (tertiary/aromatic N) is 1. The third-order valence-electron chi connectivity index (χ3n) is 3.09. The maximum atomic E-state index is 12.4. The van der Waals surface area contributed by atoms with Crippen molar-refractivity contribution >= 4 is 5.69 Å². The molecule has 1 aromatic rings. The normalized spacial score (nSPS) is 13.1. The molecule has 0 saturated heterocycles. The molecule has 1 rings (SSSR count). The molecule has 0 aliphatic carbocycles. The van der Waals surface area contributed by atoms with Crippen molar-refractivity contribution in [3.63, 3.8) is 0 Å². The molecule has 0 N–H and O–H groups in total. The van der Waals surface area contributed by atoms with E-state index in [1.165, 1.54) is 5.56 Å². The minimum Gasteiger partial charge on any atom is -0.338 e. The zero-order chi connectivity index (χ0) is 16.4. The Morgan fingerprint density at radius 1 is 1.32 bits per heavy atom. The van der Waals surface area contributed by atoms with E-state index in [1.54, 1.807) is 19.1 Å². The van der Waals surface area contributed by atoms with Gasteiger partial charge in [-0.15, -0.1) is 0 Å². The Labute approximate surface area is 133 Å². The van der Waals surface area contributed by atoms with Gasteiger partial charge in [-0.2, -0.15) is 0 Å². The Hall–Kier alpha value is -2.35. The van der Waals surface area contributed by atoms with Gasteiger partial charge >= 0.3 is 0 Å². The highest BCUT2D eigenvalue weighted by Gasteiger charge is 2.08. The van der Waals surface area contributed by atoms with E-state index in [0.717, 1.165) is 11.4 Å². The fraction of sp³-hybridized carbons (Fsp3) is 0.200. The molecule has 0 radical (unpaired) electrons. The van der Waals surface area contributed by atoms with E-state index < -0.39 is 0 Å². The fourth-order valence-corrected chi connectivity index (χ4v) is 2.06.